The van der Waals surface area contributed by atoms with E-state index in [2.05, 4.69) is 5.32 Å². The Kier molecular flexibility index (Phi) is 6.09. The van der Waals surface area contributed by atoms with Gasteiger partial charge in [-0.25, -0.2) is 4.79 Å². The molecule has 0 aromatic rings. The Bertz CT molecular complexity index is 367. The van der Waals surface area contributed by atoms with Gasteiger partial charge in [-0.3, -0.25) is 0 Å². The third kappa shape index (κ3) is 4.59. The van der Waals surface area contributed by atoms with Gasteiger partial charge in [-0.05, 0) is 65.3 Å². The number of hydrogen-bond acceptors (Lipinski definition) is 4. The van der Waals surface area contributed by atoms with Crippen LogP contribution in [0, 0.1) is 5.92 Å². The highest BCUT2D eigenvalue weighted by atomic mass is 16.6. The van der Waals surface area contributed by atoms with Crippen molar-refractivity contribution in [3.05, 3.63) is 0 Å². The van der Waals surface area contributed by atoms with Crippen LogP contribution in [0.15, 0.2) is 0 Å². The fourth-order valence-electron chi connectivity index (χ4n) is 3.85. The number of likely N-dealkylation sites (tertiary alicyclic amines) is 1. The second kappa shape index (κ2) is 7.64. The predicted octanol–water partition coefficient (Wildman–Crippen LogP) is 2.53. The standard InChI is InChI=1S/C17H32N2O3/c1-17(2,3)22-16(21)19-11-5-9-15(19)13-7-4-8-14(13)18-10-6-12-20/h13-15,18,20H,4-12H2,1-3H3. The number of nitrogens with one attached hydrogen (secondary N) is 1. The molecule has 0 radical (unpaired) electrons. The first-order valence-electron chi connectivity index (χ1n) is 8.76. The molecule has 1 aliphatic carbocycles. The van der Waals surface area contributed by atoms with Gasteiger partial charge >= 0.3 is 6.09 Å². The molecule has 2 N–H and O–H groups in total. The van der Waals surface area contributed by atoms with Gasteiger partial charge in [-0.15, -0.1) is 0 Å². The fourth-order valence-corrected chi connectivity index (χ4v) is 3.85. The molecule has 128 valence electrons. The van der Waals surface area contributed by atoms with Crippen LogP contribution in [0.3, 0.4) is 0 Å². The summed E-state index contributed by atoms with van der Waals surface area (Å²) in [5.41, 5.74) is -0.432. The van der Waals surface area contributed by atoms with Crippen LogP contribution in [0.4, 0.5) is 4.79 Å². The summed E-state index contributed by atoms with van der Waals surface area (Å²) < 4.78 is 5.58. The lowest BCUT2D eigenvalue weighted by atomic mass is 9.92. The number of carbonyl (C=O) groups excluding carboxylic acids is 1. The van der Waals surface area contributed by atoms with E-state index in [9.17, 15) is 4.79 Å². The zero-order valence-electron chi connectivity index (χ0n) is 14.3. The molecule has 1 heterocycles. The van der Waals surface area contributed by atoms with E-state index in [4.69, 9.17) is 9.84 Å². The first-order chi connectivity index (χ1) is 10.4. The summed E-state index contributed by atoms with van der Waals surface area (Å²) in [4.78, 5) is 14.4. The molecule has 2 rings (SSSR count). The van der Waals surface area contributed by atoms with Crippen LogP contribution in [-0.4, -0.2) is 53.5 Å². The Hall–Kier alpha value is -0.810. The number of nitrogens with zero attached hydrogens (tertiary/aromatic N) is 1. The van der Waals surface area contributed by atoms with Crippen molar-refractivity contribution in [2.24, 2.45) is 5.92 Å². The van der Waals surface area contributed by atoms with Crippen molar-refractivity contribution in [1.29, 1.82) is 0 Å². The Morgan fingerprint density at radius 1 is 1.27 bits per heavy atom. The van der Waals surface area contributed by atoms with Crippen molar-refractivity contribution in [2.45, 2.75) is 77.0 Å². The molecular weight excluding hydrogens is 280 g/mol. The molecule has 1 saturated heterocycles. The topological polar surface area (TPSA) is 61.8 Å². The van der Waals surface area contributed by atoms with Crippen LogP contribution in [-0.2, 0) is 4.74 Å². The summed E-state index contributed by atoms with van der Waals surface area (Å²) in [7, 11) is 0. The fraction of sp³-hybridized carbons (Fsp3) is 0.941. The lowest BCUT2D eigenvalue weighted by molar-refractivity contribution is 0.0167. The minimum absolute atomic E-state index is 0.156. The Morgan fingerprint density at radius 3 is 2.73 bits per heavy atom. The monoisotopic (exact) mass is 312 g/mol. The second-order valence-corrected chi connectivity index (χ2v) is 7.62. The lowest BCUT2D eigenvalue weighted by Gasteiger charge is -2.34. The number of amides is 1. The number of aliphatic hydroxyl groups is 1. The Balaban J connectivity index is 1.95. The SMILES string of the molecule is CC(C)(C)OC(=O)N1CCCC1C1CCCC1NCCCO. The quantitative estimate of drug-likeness (QED) is 0.766. The average molecular weight is 312 g/mol. The van der Waals surface area contributed by atoms with Gasteiger partial charge in [0, 0.05) is 25.2 Å². The van der Waals surface area contributed by atoms with E-state index in [0.29, 0.717) is 18.0 Å². The summed E-state index contributed by atoms with van der Waals surface area (Å²) in [6, 6.07) is 0.781. The maximum Gasteiger partial charge on any atom is 0.410 e. The van der Waals surface area contributed by atoms with E-state index in [1.807, 2.05) is 25.7 Å². The van der Waals surface area contributed by atoms with Crippen LogP contribution < -0.4 is 5.32 Å². The van der Waals surface area contributed by atoms with Gasteiger partial charge in [0.1, 0.15) is 5.60 Å². The molecule has 0 aromatic carbocycles. The zero-order chi connectivity index (χ0) is 16.2. The number of hydrogen-bond donors (Lipinski definition) is 2. The molecule has 5 heteroatoms. The number of ether oxygens (including phenoxy) is 1. The van der Waals surface area contributed by atoms with E-state index in [1.165, 1.54) is 19.3 Å². The molecule has 5 nitrogen and oxygen atoms in total. The van der Waals surface area contributed by atoms with Crippen LogP contribution in [0.5, 0.6) is 0 Å². The highest BCUT2D eigenvalue weighted by Gasteiger charge is 2.41. The van der Waals surface area contributed by atoms with Gasteiger partial charge in [-0.2, -0.15) is 0 Å². The molecule has 2 fully saturated rings. The van der Waals surface area contributed by atoms with Gasteiger partial charge in [0.25, 0.3) is 0 Å². The molecule has 0 bridgehead atoms. The zero-order valence-corrected chi connectivity index (χ0v) is 14.3. The Labute approximate surface area is 134 Å². The van der Waals surface area contributed by atoms with Crippen LogP contribution in [0.1, 0.15) is 59.3 Å². The van der Waals surface area contributed by atoms with E-state index in [0.717, 1.165) is 32.4 Å². The molecular formula is C17H32N2O3. The van der Waals surface area contributed by atoms with Crippen molar-refractivity contribution in [2.75, 3.05) is 19.7 Å². The average Bonchev–Trinajstić information content (AvgIpc) is 3.04. The highest BCUT2D eigenvalue weighted by Crippen LogP contribution is 2.36. The Morgan fingerprint density at radius 2 is 2.05 bits per heavy atom. The number of carbonyl (C=O) groups is 1. The third-order valence-corrected chi connectivity index (χ3v) is 4.73. The van der Waals surface area contributed by atoms with Gasteiger partial charge in [0.15, 0.2) is 0 Å². The summed E-state index contributed by atoms with van der Waals surface area (Å²) >= 11 is 0. The van der Waals surface area contributed by atoms with Crippen LogP contribution in [0.25, 0.3) is 0 Å². The van der Waals surface area contributed by atoms with Crippen LogP contribution in [0.2, 0.25) is 0 Å². The minimum Gasteiger partial charge on any atom is -0.444 e. The second-order valence-electron chi connectivity index (χ2n) is 7.62. The van der Waals surface area contributed by atoms with Crippen molar-refractivity contribution >= 4 is 6.09 Å². The van der Waals surface area contributed by atoms with Crippen molar-refractivity contribution in [1.82, 2.24) is 10.2 Å². The smallest absolute Gasteiger partial charge is 0.410 e. The van der Waals surface area contributed by atoms with E-state index < -0.39 is 5.60 Å². The predicted molar refractivity (Wildman–Crippen MR) is 86.8 cm³/mol. The van der Waals surface area contributed by atoms with Crippen molar-refractivity contribution < 1.29 is 14.6 Å². The normalized spacial score (nSPS) is 29.1. The summed E-state index contributed by atoms with van der Waals surface area (Å²) in [6.07, 6.45) is 6.38. The van der Waals surface area contributed by atoms with Crippen molar-refractivity contribution in [3.63, 3.8) is 0 Å². The summed E-state index contributed by atoms with van der Waals surface area (Å²) in [5, 5.41) is 12.5. The molecule has 2 aliphatic rings. The maximum absolute atomic E-state index is 12.4. The molecule has 1 amide bonds. The largest absolute Gasteiger partial charge is 0.444 e. The molecule has 3 atom stereocenters. The molecule has 0 aromatic heterocycles. The lowest BCUT2D eigenvalue weighted by Crippen LogP contribution is -2.47. The van der Waals surface area contributed by atoms with E-state index >= 15 is 0 Å². The van der Waals surface area contributed by atoms with Crippen molar-refractivity contribution in [3.8, 4) is 0 Å². The molecule has 22 heavy (non-hydrogen) atoms. The first kappa shape index (κ1) is 17.5. The number of aliphatic hydroxyl groups excluding tert-OH is 1. The highest BCUT2D eigenvalue weighted by molar-refractivity contribution is 5.69. The molecule has 0 spiro atoms. The van der Waals surface area contributed by atoms with Gasteiger partial charge in [0.05, 0.1) is 0 Å². The molecule has 1 saturated carbocycles. The molecule has 3 unspecified atom stereocenters. The van der Waals surface area contributed by atoms with E-state index in [1.54, 1.807) is 0 Å². The summed E-state index contributed by atoms with van der Waals surface area (Å²) in [5.74, 6) is 0.522. The van der Waals surface area contributed by atoms with Crippen LogP contribution >= 0.6 is 0 Å². The number of rotatable bonds is 5. The maximum atomic E-state index is 12.4. The first-order valence-corrected chi connectivity index (χ1v) is 8.76. The van der Waals surface area contributed by atoms with Gasteiger partial charge in [-0.1, -0.05) is 6.42 Å². The molecule has 1 aliphatic heterocycles. The third-order valence-electron chi connectivity index (χ3n) is 4.73. The minimum atomic E-state index is -0.432. The van der Waals surface area contributed by atoms with E-state index in [-0.39, 0.29) is 12.7 Å². The summed E-state index contributed by atoms with van der Waals surface area (Å²) in [6.45, 7) is 7.68. The van der Waals surface area contributed by atoms with Gasteiger partial charge < -0.3 is 20.1 Å². The van der Waals surface area contributed by atoms with Gasteiger partial charge in [0.2, 0.25) is 0 Å².